The third-order valence-corrected chi connectivity index (χ3v) is 4.01. The van der Waals surface area contributed by atoms with Crippen molar-refractivity contribution in [3.05, 3.63) is 51.1 Å². The Morgan fingerprint density at radius 1 is 1.28 bits per heavy atom. The van der Waals surface area contributed by atoms with Crippen molar-refractivity contribution in [3.63, 3.8) is 0 Å². The predicted octanol–water partition coefficient (Wildman–Crippen LogP) is 4.05. The zero-order chi connectivity index (χ0) is 12.8. The number of likely N-dealkylation sites (N-methyl/N-ethyl adjacent to an activating group) is 1. The highest BCUT2D eigenvalue weighted by molar-refractivity contribution is 9.10. The smallest absolute Gasteiger partial charge is 0.0351 e. The lowest BCUT2D eigenvalue weighted by Crippen LogP contribution is -2.24. The van der Waals surface area contributed by atoms with Gasteiger partial charge < -0.3 is 5.32 Å². The molecule has 1 N–H and O–H groups in total. The summed E-state index contributed by atoms with van der Waals surface area (Å²) in [7, 11) is 2.16. The monoisotopic (exact) mass is 324 g/mol. The van der Waals surface area contributed by atoms with E-state index >= 15 is 0 Å². The largest absolute Gasteiger partial charge is 0.384 e. The Bertz CT molecular complexity index is 470. The van der Waals surface area contributed by atoms with Crippen molar-refractivity contribution in [2.45, 2.75) is 6.54 Å². The van der Waals surface area contributed by atoms with E-state index in [4.69, 9.17) is 0 Å². The fourth-order valence-corrected chi connectivity index (χ4v) is 2.92. The summed E-state index contributed by atoms with van der Waals surface area (Å²) >= 11 is 5.29. The van der Waals surface area contributed by atoms with Crippen LogP contribution in [0.2, 0.25) is 0 Å². The highest BCUT2D eigenvalue weighted by Crippen LogP contribution is 2.15. The summed E-state index contributed by atoms with van der Waals surface area (Å²) in [5.41, 5.74) is 1.16. The average molecular weight is 325 g/mol. The van der Waals surface area contributed by atoms with Crippen molar-refractivity contribution in [3.8, 4) is 0 Å². The van der Waals surface area contributed by atoms with Gasteiger partial charge in [0.1, 0.15) is 0 Å². The first-order valence-electron chi connectivity index (χ1n) is 5.94. The van der Waals surface area contributed by atoms with Crippen molar-refractivity contribution < 1.29 is 0 Å². The second-order valence-electron chi connectivity index (χ2n) is 4.25. The van der Waals surface area contributed by atoms with Crippen LogP contribution in [0.15, 0.2) is 46.3 Å². The maximum Gasteiger partial charge on any atom is 0.0351 e. The van der Waals surface area contributed by atoms with E-state index in [2.05, 4.69) is 62.8 Å². The van der Waals surface area contributed by atoms with E-state index in [1.807, 2.05) is 23.5 Å². The molecule has 2 rings (SSSR count). The van der Waals surface area contributed by atoms with Crippen molar-refractivity contribution in [2.24, 2.45) is 0 Å². The molecule has 1 aromatic carbocycles. The fourth-order valence-electron chi connectivity index (χ4n) is 1.74. The zero-order valence-electron chi connectivity index (χ0n) is 10.4. The Morgan fingerprint density at radius 3 is 2.89 bits per heavy atom. The maximum absolute atomic E-state index is 3.47. The number of nitrogens with one attached hydrogen (secondary N) is 1. The van der Waals surface area contributed by atoms with Gasteiger partial charge in [-0.05, 0) is 36.7 Å². The van der Waals surface area contributed by atoms with Crippen LogP contribution in [0.5, 0.6) is 0 Å². The first-order chi connectivity index (χ1) is 8.74. The number of hydrogen-bond acceptors (Lipinski definition) is 3. The summed E-state index contributed by atoms with van der Waals surface area (Å²) in [5.74, 6) is 0. The number of benzene rings is 1. The summed E-state index contributed by atoms with van der Waals surface area (Å²) in [6, 6.07) is 12.6. The Morgan fingerprint density at radius 2 is 2.17 bits per heavy atom. The minimum atomic E-state index is 0.957. The summed E-state index contributed by atoms with van der Waals surface area (Å²) in [5, 5.41) is 5.56. The molecule has 0 saturated carbocycles. The SMILES string of the molecule is CN(CCNc1cccc(Br)c1)Cc1cccs1. The standard InChI is InChI=1S/C14H17BrN2S/c1-17(11-14-6-3-9-18-14)8-7-16-13-5-2-4-12(15)10-13/h2-6,9-10,16H,7-8,11H2,1H3. The minimum Gasteiger partial charge on any atom is -0.384 e. The van der Waals surface area contributed by atoms with Crippen LogP contribution in [0.25, 0.3) is 0 Å². The van der Waals surface area contributed by atoms with Crippen LogP contribution in [-0.4, -0.2) is 25.0 Å². The molecule has 0 spiro atoms. The third-order valence-electron chi connectivity index (χ3n) is 2.65. The second kappa shape index (κ2) is 6.92. The summed E-state index contributed by atoms with van der Waals surface area (Å²) < 4.78 is 1.11. The lowest BCUT2D eigenvalue weighted by Gasteiger charge is -2.16. The van der Waals surface area contributed by atoms with Gasteiger partial charge in [-0.25, -0.2) is 0 Å². The van der Waals surface area contributed by atoms with Crippen LogP contribution in [0, 0.1) is 0 Å². The Hall–Kier alpha value is -0.840. The van der Waals surface area contributed by atoms with Gasteiger partial charge in [0.05, 0.1) is 0 Å². The van der Waals surface area contributed by atoms with E-state index in [0.29, 0.717) is 0 Å². The number of rotatable bonds is 6. The van der Waals surface area contributed by atoms with Crippen molar-refractivity contribution in [1.82, 2.24) is 4.90 Å². The number of nitrogens with zero attached hydrogens (tertiary/aromatic N) is 1. The van der Waals surface area contributed by atoms with Crippen LogP contribution in [0.4, 0.5) is 5.69 Å². The number of anilines is 1. The first-order valence-corrected chi connectivity index (χ1v) is 7.61. The van der Waals surface area contributed by atoms with Gasteiger partial charge in [-0.3, -0.25) is 4.90 Å². The van der Waals surface area contributed by atoms with Crippen molar-refractivity contribution >= 4 is 33.0 Å². The molecule has 0 unspecified atom stereocenters. The topological polar surface area (TPSA) is 15.3 Å². The normalized spacial score (nSPS) is 10.8. The number of hydrogen-bond donors (Lipinski definition) is 1. The van der Waals surface area contributed by atoms with E-state index in [-0.39, 0.29) is 0 Å². The highest BCUT2D eigenvalue weighted by atomic mass is 79.9. The quantitative estimate of drug-likeness (QED) is 0.862. The molecule has 0 aliphatic heterocycles. The molecule has 0 aliphatic rings. The molecule has 0 atom stereocenters. The molecule has 0 radical (unpaired) electrons. The van der Waals surface area contributed by atoms with E-state index in [0.717, 1.165) is 29.8 Å². The van der Waals surface area contributed by atoms with Gasteiger partial charge in [-0.1, -0.05) is 28.1 Å². The molecular weight excluding hydrogens is 308 g/mol. The predicted molar refractivity (Wildman–Crippen MR) is 83.3 cm³/mol. The Balaban J connectivity index is 1.72. The number of halogens is 1. The molecule has 0 aliphatic carbocycles. The zero-order valence-corrected chi connectivity index (χ0v) is 12.8. The van der Waals surface area contributed by atoms with Crippen molar-refractivity contribution in [1.29, 1.82) is 0 Å². The highest BCUT2D eigenvalue weighted by Gasteiger charge is 2.00. The molecular formula is C14H17BrN2S. The third kappa shape index (κ3) is 4.44. The van der Waals surface area contributed by atoms with Crippen molar-refractivity contribution in [2.75, 3.05) is 25.5 Å². The number of thiophene rings is 1. The molecule has 1 heterocycles. The average Bonchev–Trinajstić information content (AvgIpc) is 2.82. The molecule has 2 nitrogen and oxygen atoms in total. The summed E-state index contributed by atoms with van der Waals surface area (Å²) in [6.45, 7) is 3.01. The lowest BCUT2D eigenvalue weighted by atomic mass is 10.3. The lowest BCUT2D eigenvalue weighted by molar-refractivity contribution is 0.343. The van der Waals surface area contributed by atoms with Crippen LogP contribution in [0.3, 0.4) is 0 Å². The summed E-state index contributed by atoms with van der Waals surface area (Å²) in [6.07, 6.45) is 0. The molecule has 0 amide bonds. The van der Waals surface area contributed by atoms with E-state index in [9.17, 15) is 0 Å². The second-order valence-corrected chi connectivity index (χ2v) is 6.20. The molecule has 0 fully saturated rings. The molecule has 1 aromatic heterocycles. The molecule has 96 valence electrons. The minimum absolute atomic E-state index is 0.957. The Kier molecular flexibility index (Phi) is 5.23. The van der Waals surface area contributed by atoms with Crippen LogP contribution < -0.4 is 5.32 Å². The molecule has 2 aromatic rings. The molecule has 18 heavy (non-hydrogen) atoms. The molecule has 0 bridgehead atoms. The van der Waals surface area contributed by atoms with E-state index in [1.54, 1.807) is 0 Å². The van der Waals surface area contributed by atoms with E-state index in [1.165, 1.54) is 4.88 Å². The van der Waals surface area contributed by atoms with Gasteiger partial charge in [0, 0.05) is 34.7 Å². The van der Waals surface area contributed by atoms with Crippen LogP contribution >= 0.6 is 27.3 Å². The van der Waals surface area contributed by atoms with Gasteiger partial charge >= 0.3 is 0 Å². The van der Waals surface area contributed by atoms with Gasteiger partial charge in [-0.15, -0.1) is 11.3 Å². The van der Waals surface area contributed by atoms with Gasteiger partial charge in [0.2, 0.25) is 0 Å². The summed E-state index contributed by atoms with van der Waals surface area (Å²) in [4.78, 5) is 3.75. The maximum atomic E-state index is 3.47. The van der Waals surface area contributed by atoms with Crippen LogP contribution in [0.1, 0.15) is 4.88 Å². The van der Waals surface area contributed by atoms with Gasteiger partial charge in [0.15, 0.2) is 0 Å². The van der Waals surface area contributed by atoms with Gasteiger partial charge in [-0.2, -0.15) is 0 Å². The molecule has 0 saturated heterocycles. The van der Waals surface area contributed by atoms with E-state index < -0.39 is 0 Å². The first kappa shape index (κ1) is 13.6. The molecule has 4 heteroatoms. The Labute approximate surface area is 121 Å². The fraction of sp³-hybridized carbons (Fsp3) is 0.286. The van der Waals surface area contributed by atoms with Crippen LogP contribution in [-0.2, 0) is 6.54 Å². The van der Waals surface area contributed by atoms with Gasteiger partial charge in [0.25, 0.3) is 0 Å².